The van der Waals surface area contributed by atoms with Crippen LogP contribution in [0.4, 0.5) is 5.00 Å². The molecule has 0 fully saturated rings. The molecule has 2 aromatic rings. The summed E-state index contributed by atoms with van der Waals surface area (Å²) in [6.07, 6.45) is 0. The summed E-state index contributed by atoms with van der Waals surface area (Å²) < 4.78 is 5.61. The number of nitrogens with two attached hydrogens (primary N) is 1. The zero-order valence-corrected chi connectivity index (χ0v) is 10.4. The molecule has 2 aromatic heterocycles. The van der Waals surface area contributed by atoms with E-state index in [4.69, 9.17) is 17.4 Å². The molecule has 0 spiro atoms. The van der Waals surface area contributed by atoms with Crippen molar-refractivity contribution >= 4 is 28.1 Å². The quantitative estimate of drug-likeness (QED) is 0.641. The van der Waals surface area contributed by atoms with Crippen molar-refractivity contribution in [3.05, 3.63) is 22.1 Å². The second-order valence-electron chi connectivity index (χ2n) is 3.34. The van der Waals surface area contributed by atoms with Crippen LogP contribution in [0.15, 0.2) is 0 Å². The van der Waals surface area contributed by atoms with Crippen LogP contribution in [-0.2, 0) is 6.54 Å². The molecule has 86 valence electrons. The van der Waals surface area contributed by atoms with Crippen molar-refractivity contribution in [3.63, 3.8) is 0 Å². The molecule has 0 aromatic carbocycles. The van der Waals surface area contributed by atoms with Crippen LogP contribution in [-0.4, -0.2) is 19.4 Å². The Balaban J connectivity index is 2.30. The van der Waals surface area contributed by atoms with Gasteiger partial charge in [-0.1, -0.05) is 16.1 Å². The summed E-state index contributed by atoms with van der Waals surface area (Å²) in [4.78, 5) is 0. The molecule has 2 heterocycles. The maximum atomic E-state index is 6.06. The smallest absolute Gasteiger partial charge is 0.149 e. The van der Waals surface area contributed by atoms with Gasteiger partial charge in [-0.15, -0.1) is 5.10 Å². The lowest BCUT2D eigenvalue weighted by atomic mass is 10.4. The highest BCUT2D eigenvalue weighted by Gasteiger charge is 2.13. The third-order valence-electron chi connectivity index (χ3n) is 2.28. The molecule has 0 atom stereocenters. The van der Waals surface area contributed by atoms with E-state index in [9.17, 15) is 0 Å². The molecule has 0 radical (unpaired) electrons. The van der Waals surface area contributed by atoms with Crippen LogP contribution in [0.25, 0.3) is 0 Å². The topological polar surface area (TPSA) is 81.7 Å². The molecule has 16 heavy (non-hydrogen) atoms. The first-order valence-electron chi connectivity index (χ1n) is 4.60. The SMILES string of the molecule is Cc1nn(Cc2nnsc2NN)c(C)c1Cl. The standard InChI is InChI=1S/C8H11ClN6S/c1-4-7(9)5(2)15(13-4)3-6-8(11-10)16-14-12-6/h11H,3,10H2,1-2H3. The number of nitrogen functional groups attached to an aromatic ring is 1. The van der Waals surface area contributed by atoms with E-state index >= 15 is 0 Å². The van der Waals surface area contributed by atoms with Crippen LogP contribution in [0.3, 0.4) is 0 Å². The normalized spacial score (nSPS) is 10.8. The van der Waals surface area contributed by atoms with E-state index in [2.05, 4.69) is 20.1 Å². The van der Waals surface area contributed by atoms with E-state index in [0.29, 0.717) is 11.6 Å². The van der Waals surface area contributed by atoms with E-state index in [-0.39, 0.29) is 0 Å². The average Bonchev–Trinajstić information content (AvgIpc) is 2.81. The summed E-state index contributed by atoms with van der Waals surface area (Å²) in [5, 5.41) is 9.72. The number of hydrazine groups is 1. The van der Waals surface area contributed by atoms with Gasteiger partial charge in [-0.3, -0.25) is 4.68 Å². The van der Waals surface area contributed by atoms with Gasteiger partial charge in [-0.2, -0.15) is 5.10 Å². The lowest BCUT2D eigenvalue weighted by molar-refractivity contribution is 0.646. The van der Waals surface area contributed by atoms with Crippen LogP contribution >= 0.6 is 23.1 Å². The fourth-order valence-corrected chi connectivity index (χ4v) is 2.01. The Hall–Kier alpha value is -1.18. The highest BCUT2D eigenvalue weighted by molar-refractivity contribution is 7.10. The molecule has 0 saturated carbocycles. The average molecular weight is 259 g/mol. The van der Waals surface area contributed by atoms with Crippen LogP contribution in [0.2, 0.25) is 5.02 Å². The number of anilines is 1. The molecular formula is C8H11ClN6S. The zero-order valence-electron chi connectivity index (χ0n) is 8.86. The lowest BCUT2D eigenvalue weighted by Crippen LogP contribution is -2.10. The molecule has 6 nitrogen and oxygen atoms in total. The van der Waals surface area contributed by atoms with Crippen molar-refractivity contribution in [2.75, 3.05) is 5.43 Å². The van der Waals surface area contributed by atoms with Gasteiger partial charge >= 0.3 is 0 Å². The summed E-state index contributed by atoms with van der Waals surface area (Å²) >= 11 is 7.27. The molecule has 0 bridgehead atoms. The van der Waals surface area contributed by atoms with Gasteiger partial charge in [0.25, 0.3) is 0 Å². The molecule has 0 unspecified atom stereocenters. The Morgan fingerprint density at radius 1 is 1.50 bits per heavy atom. The monoisotopic (exact) mass is 258 g/mol. The second-order valence-corrected chi connectivity index (χ2v) is 4.47. The Morgan fingerprint density at radius 2 is 2.25 bits per heavy atom. The van der Waals surface area contributed by atoms with Crippen molar-refractivity contribution < 1.29 is 0 Å². The number of nitrogens with one attached hydrogen (secondary N) is 1. The number of hydrogen-bond donors (Lipinski definition) is 2. The van der Waals surface area contributed by atoms with Crippen LogP contribution in [0, 0.1) is 13.8 Å². The Morgan fingerprint density at radius 3 is 2.81 bits per heavy atom. The van der Waals surface area contributed by atoms with E-state index in [1.165, 1.54) is 11.5 Å². The van der Waals surface area contributed by atoms with Gasteiger partial charge in [0.1, 0.15) is 10.7 Å². The van der Waals surface area contributed by atoms with E-state index < -0.39 is 0 Å². The number of hydrogen-bond acceptors (Lipinski definition) is 6. The first kappa shape index (κ1) is 11.3. The van der Waals surface area contributed by atoms with Gasteiger partial charge in [0.2, 0.25) is 0 Å². The van der Waals surface area contributed by atoms with Gasteiger partial charge in [0, 0.05) is 11.5 Å². The highest BCUT2D eigenvalue weighted by atomic mass is 35.5. The Labute approximate surface area is 102 Å². The number of nitrogens with zero attached hydrogens (tertiary/aromatic N) is 4. The predicted molar refractivity (Wildman–Crippen MR) is 63.5 cm³/mol. The molecule has 8 heteroatoms. The van der Waals surface area contributed by atoms with Gasteiger partial charge in [0.15, 0.2) is 0 Å². The van der Waals surface area contributed by atoms with Crippen LogP contribution in [0.1, 0.15) is 17.1 Å². The summed E-state index contributed by atoms with van der Waals surface area (Å²) in [5.41, 5.74) is 5.04. The van der Waals surface area contributed by atoms with Gasteiger partial charge in [-0.25, -0.2) is 5.84 Å². The molecule has 3 N–H and O–H groups in total. The van der Waals surface area contributed by atoms with Crippen LogP contribution in [0.5, 0.6) is 0 Å². The van der Waals surface area contributed by atoms with Crippen molar-refractivity contribution in [2.24, 2.45) is 5.84 Å². The van der Waals surface area contributed by atoms with Crippen molar-refractivity contribution in [2.45, 2.75) is 20.4 Å². The van der Waals surface area contributed by atoms with Crippen molar-refractivity contribution in [1.82, 2.24) is 19.4 Å². The number of aryl methyl sites for hydroxylation is 1. The largest absolute Gasteiger partial charge is 0.313 e. The van der Waals surface area contributed by atoms with E-state index in [0.717, 1.165) is 22.1 Å². The Bertz CT molecular complexity index is 505. The van der Waals surface area contributed by atoms with Gasteiger partial charge in [-0.05, 0) is 13.8 Å². The maximum absolute atomic E-state index is 6.06. The molecule has 2 rings (SSSR count). The molecular weight excluding hydrogens is 248 g/mol. The number of rotatable bonds is 3. The van der Waals surface area contributed by atoms with Crippen LogP contribution < -0.4 is 11.3 Å². The fourth-order valence-electron chi connectivity index (χ4n) is 1.39. The molecule has 0 amide bonds. The van der Waals surface area contributed by atoms with Gasteiger partial charge < -0.3 is 5.43 Å². The molecule has 0 aliphatic rings. The number of aromatic nitrogens is 4. The third kappa shape index (κ3) is 1.89. The van der Waals surface area contributed by atoms with E-state index in [1.807, 2.05) is 13.8 Å². The Kier molecular flexibility index (Phi) is 3.08. The summed E-state index contributed by atoms with van der Waals surface area (Å²) in [6.45, 7) is 4.29. The van der Waals surface area contributed by atoms with Crippen molar-refractivity contribution in [3.8, 4) is 0 Å². The fraction of sp³-hybridized carbons (Fsp3) is 0.375. The highest BCUT2D eigenvalue weighted by Crippen LogP contribution is 2.22. The minimum absolute atomic E-state index is 0.509. The summed E-state index contributed by atoms with van der Waals surface area (Å²) in [5.74, 6) is 5.35. The molecule has 0 saturated heterocycles. The number of halogens is 1. The minimum atomic E-state index is 0.509. The minimum Gasteiger partial charge on any atom is -0.313 e. The second kappa shape index (κ2) is 4.36. The summed E-state index contributed by atoms with van der Waals surface area (Å²) in [7, 11) is 0. The first-order valence-corrected chi connectivity index (χ1v) is 5.76. The third-order valence-corrected chi connectivity index (χ3v) is 3.53. The van der Waals surface area contributed by atoms with E-state index in [1.54, 1.807) is 4.68 Å². The molecule has 0 aliphatic heterocycles. The first-order chi connectivity index (χ1) is 7.63. The van der Waals surface area contributed by atoms with Gasteiger partial charge in [0.05, 0.1) is 23.0 Å². The predicted octanol–water partition coefficient (Wildman–Crippen LogP) is 1.34. The molecule has 0 aliphatic carbocycles. The maximum Gasteiger partial charge on any atom is 0.149 e. The van der Waals surface area contributed by atoms with Crippen molar-refractivity contribution in [1.29, 1.82) is 0 Å². The lowest BCUT2D eigenvalue weighted by Gasteiger charge is -2.03. The zero-order chi connectivity index (χ0) is 11.7. The summed E-state index contributed by atoms with van der Waals surface area (Å²) in [6, 6.07) is 0.